The minimum atomic E-state index is -0.430. The van der Waals surface area contributed by atoms with Gasteiger partial charge in [0.05, 0.1) is 12.9 Å². The fraction of sp³-hybridized carbons (Fsp3) is 0.500. The second kappa shape index (κ2) is 3.34. The van der Waals surface area contributed by atoms with Crippen molar-refractivity contribution in [2.45, 2.75) is 12.5 Å². The first kappa shape index (κ1) is 7.24. The van der Waals surface area contributed by atoms with Gasteiger partial charge in [0.2, 0.25) is 0 Å². The van der Waals surface area contributed by atoms with E-state index in [1.54, 1.807) is 12.5 Å². The number of aliphatic hydroxyl groups excluding tert-OH is 1. The van der Waals surface area contributed by atoms with Gasteiger partial charge in [-0.3, -0.25) is 5.73 Å². The molecule has 0 aliphatic rings. The third kappa shape index (κ3) is 1.82. The number of H-pyrrole nitrogens is 1. The summed E-state index contributed by atoms with van der Waals surface area (Å²) in [4.78, 5) is 6.65. The van der Waals surface area contributed by atoms with Gasteiger partial charge >= 0.3 is 0 Å². The Morgan fingerprint density at radius 3 is 3.10 bits per heavy atom. The number of hydrogen-bond donors (Lipinski definition) is 2. The molecular formula is C6H10N3O. The Labute approximate surface area is 59.1 Å². The monoisotopic (exact) mass is 140 g/mol. The third-order valence-electron chi connectivity index (χ3n) is 1.24. The van der Waals surface area contributed by atoms with Gasteiger partial charge in [0.25, 0.3) is 0 Å². The summed E-state index contributed by atoms with van der Waals surface area (Å²) in [5, 5.41) is 8.51. The maximum atomic E-state index is 8.51. The molecule has 0 aliphatic heterocycles. The molecule has 0 saturated heterocycles. The van der Waals surface area contributed by atoms with Crippen LogP contribution < -0.4 is 5.73 Å². The van der Waals surface area contributed by atoms with E-state index in [-0.39, 0.29) is 6.61 Å². The number of aromatic amines is 1. The molecule has 55 valence electrons. The van der Waals surface area contributed by atoms with Crippen molar-refractivity contribution in [1.82, 2.24) is 15.7 Å². The molecular weight excluding hydrogens is 130 g/mol. The molecule has 0 saturated carbocycles. The first-order valence-corrected chi connectivity index (χ1v) is 3.12. The highest BCUT2D eigenvalue weighted by Crippen LogP contribution is 1.95. The predicted molar refractivity (Wildman–Crippen MR) is 36.3 cm³/mol. The molecule has 1 aromatic heterocycles. The number of aromatic nitrogens is 2. The summed E-state index contributed by atoms with van der Waals surface area (Å²) in [6, 6.07) is -0.430. The van der Waals surface area contributed by atoms with E-state index in [1.165, 1.54) is 0 Å². The highest BCUT2D eigenvalue weighted by molar-refractivity contribution is 4.96. The van der Waals surface area contributed by atoms with E-state index in [9.17, 15) is 0 Å². The van der Waals surface area contributed by atoms with Gasteiger partial charge in [-0.05, 0) is 0 Å². The van der Waals surface area contributed by atoms with Crippen molar-refractivity contribution in [3.63, 3.8) is 0 Å². The molecule has 4 heteroatoms. The molecule has 1 aromatic rings. The molecule has 10 heavy (non-hydrogen) atoms. The highest BCUT2D eigenvalue weighted by atomic mass is 16.3. The van der Waals surface area contributed by atoms with E-state index in [1.807, 2.05) is 0 Å². The molecule has 0 bridgehead atoms. The van der Waals surface area contributed by atoms with Gasteiger partial charge < -0.3 is 10.1 Å². The van der Waals surface area contributed by atoms with Crippen LogP contribution in [0.4, 0.5) is 0 Å². The van der Waals surface area contributed by atoms with Gasteiger partial charge in [0, 0.05) is 24.4 Å². The molecule has 1 heterocycles. The normalized spacial score (nSPS) is 13.4. The van der Waals surface area contributed by atoms with E-state index in [0.29, 0.717) is 6.42 Å². The summed E-state index contributed by atoms with van der Waals surface area (Å²) in [5.74, 6) is 0. The second-order valence-electron chi connectivity index (χ2n) is 2.16. The molecule has 1 radical (unpaired) electrons. The van der Waals surface area contributed by atoms with Gasteiger partial charge in [-0.25, -0.2) is 4.98 Å². The molecule has 0 unspecified atom stereocenters. The van der Waals surface area contributed by atoms with Crippen LogP contribution in [-0.2, 0) is 6.42 Å². The van der Waals surface area contributed by atoms with Crippen LogP contribution >= 0.6 is 0 Å². The quantitative estimate of drug-likeness (QED) is 0.599. The Morgan fingerprint density at radius 2 is 2.60 bits per heavy atom. The zero-order valence-electron chi connectivity index (χ0n) is 5.54. The summed E-state index contributed by atoms with van der Waals surface area (Å²) < 4.78 is 0. The summed E-state index contributed by atoms with van der Waals surface area (Å²) in [7, 11) is 0. The Hall–Kier alpha value is -0.870. The lowest BCUT2D eigenvalue weighted by Crippen LogP contribution is -2.17. The Balaban J connectivity index is 2.40. The van der Waals surface area contributed by atoms with Crippen LogP contribution in [0.2, 0.25) is 0 Å². The number of hydrogen-bond acceptors (Lipinski definition) is 2. The number of nitrogens with one attached hydrogen (secondary N) is 2. The average Bonchev–Trinajstić information content (AvgIpc) is 2.40. The van der Waals surface area contributed by atoms with Crippen LogP contribution in [0.25, 0.3) is 0 Å². The lowest BCUT2D eigenvalue weighted by atomic mass is 10.2. The Kier molecular flexibility index (Phi) is 2.42. The Morgan fingerprint density at radius 1 is 1.80 bits per heavy atom. The molecule has 1 atom stereocenters. The van der Waals surface area contributed by atoms with Crippen LogP contribution in [-0.4, -0.2) is 27.7 Å². The number of rotatable bonds is 3. The van der Waals surface area contributed by atoms with Crippen molar-refractivity contribution in [2.75, 3.05) is 6.61 Å². The van der Waals surface area contributed by atoms with E-state index in [0.717, 1.165) is 5.69 Å². The van der Waals surface area contributed by atoms with Crippen molar-refractivity contribution in [1.29, 1.82) is 0 Å². The van der Waals surface area contributed by atoms with Crippen molar-refractivity contribution in [3.05, 3.63) is 18.2 Å². The van der Waals surface area contributed by atoms with Crippen molar-refractivity contribution < 1.29 is 5.11 Å². The van der Waals surface area contributed by atoms with Gasteiger partial charge in [-0.1, -0.05) is 0 Å². The zero-order valence-corrected chi connectivity index (χ0v) is 5.54. The summed E-state index contributed by atoms with van der Waals surface area (Å²) >= 11 is 0. The van der Waals surface area contributed by atoms with Gasteiger partial charge in [-0.15, -0.1) is 0 Å². The topological polar surface area (TPSA) is 72.7 Å². The van der Waals surface area contributed by atoms with E-state index < -0.39 is 6.04 Å². The van der Waals surface area contributed by atoms with Gasteiger partial charge in [0.15, 0.2) is 0 Å². The lowest BCUT2D eigenvalue weighted by molar-refractivity contribution is 0.261. The van der Waals surface area contributed by atoms with E-state index >= 15 is 0 Å². The molecule has 4 nitrogen and oxygen atoms in total. The number of imidazole rings is 1. The molecule has 0 amide bonds. The van der Waals surface area contributed by atoms with Gasteiger partial charge in [0.1, 0.15) is 0 Å². The summed E-state index contributed by atoms with van der Waals surface area (Å²) in [6.45, 7) is -0.0982. The van der Waals surface area contributed by atoms with Crippen LogP contribution in [0.15, 0.2) is 12.5 Å². The van der Waals surface area contributed by atoms with Crippen LogP contribution in [0.5, 0.6) is 0 Å². The molecule has 1 rings (SSSR count). The maximum absolute atomic E-state index is 8.51. The van der Waals surface area contributed by atoms with Gasteiger partial charge in [-0.2, -0.15) is 0 Å². The zero-order chi connectivity index (χ0) is 7.40. The standard InChI is InChI=1S/C6H10N3O/c7-5(3-10)1-6-2-8-4-9-6/h2,4-5,7,10H,1,3H2,(H,8,9)/t5-/m0/s1. The molecule has 0 spiro atoms. The highest BCUT2D eigenvalue weighted by Gasteiger charge is 2.02. The van der Waals surface area contributed by atoms with Crippen LogP contribution in [0.1, 0.15) is 5.69 Å². The fourth-order valence-corrected chi connectivity index (χ4v) is 0.726. The minimum absolute atomic E-state index is 0.0982. The van der Waals surface area contributed by atoms with Crippen LogP contribution in [0.3, 0.4) is 0 Å². The fourth-order valence-electron chi connectivity index (χ4n) is 0.726. The second-order valence-corrected chi connectivity index (χ2v) is 2.16. The molecule has 3 N–H and O–H groups in total. The largest absolute Gasteiger partial charge is 0.395 e. The maximum Gasteiger partial charge on any atom is 0.0921 e. The smallest absolute Gasteiger partial charge is 0.0921 e. The van der Waals surface area contributed by atoms with Crippen molar-refractivity contribution >= 4 is 0 Å². The number of aliphatic hydroxyl groups is 1. The first-order valence-electron chi connectivity index (χ1n) is 3.12. The predicted octanol–water partition coefficient (Wildman–Crippen LogP) is -0.404. The molecule has 0 aliphatic carbocycles. The summed E-state index contributed by atoms with van der Waals surface area (Å²) in [6.07, 6.45) is 3.77. The molecule has 0 aromatic carbocycles. The van der Waals surface area contributed by atoms with Crippen molar-refractivity contribution in [2.24, 2.45) is 0 Å². The van der Waals surface area contributed by atoms with Crippen LogP contribution in [0, 0.1) is 0 Å². The SMILES string of the molecule is [NH][C@H](CO)Cc1cnc[nH]1. The average molecular weight is 140 g/mol. The summed E-state index contributed by atoms with van der Waals surface area (Å²) in [5.41, 5.74) is 8.10. The minimum Gasteiger partial charge on any atom is -0.395 e. The van der Waals surface area contributed by atoms with E-state index in [2.05, 4.69) is 9.97 Å². The molecule has 0 fully saturated rings. The first-order chi connectivity index (χ1) is 4.83. The number of nitrogens with zero attached hydrogens (tertiary/aromatic N) is 1. The lowest BCUT2D eigenvalue weighted by Gasteiger charge is -2.02. The third-order valence-corrected chi connectivity index (χ3v) is 1.24. The van der Waals surface area contributed by atoms with Crippen molar-refractivity contribution in [3.8, 4) is 0 Å². The van der Waals surface area contributed by atoms with E-state index in [4.69, 9.17) is 10.8 Å². The Bertz CT molecular complexity index is 173.